The number of nitrogens with one attached hydrogen (secondary N) is 1. The summed E-state index contributed by atoms with van der Waals surface area (Å²) >= 11 is 0. The van der Waals surface area contributed by atoms with Crippen LogP contribution in [-0.2, 0) is 23.4 Å². The summed E-state index contributed by atoms with van der Waals surface area (Å²) in [6.45, 7) is 5.30. The van der Waals surface area contributed by atoms with Gasteiger partial charge in [0, 0.05) is 0 Å². The van der Waals surface area contributed by atoms with E-state index in [2.05, 4.69) is 10.5 Å². The second kappa shape index (κ2) is 10.9. The fourth-order valence-electron chi connectivity index (χ4n) is 3.98. The highest BCUT2D eigenvalue weighted by Gasteiger charge is 2.32. The Morgan fingerprint density at radius 2 is 1.51 bits per heavy atom. The van der Waals surface area contributed by atoms with Crippen molar-refractivity contribution in [2.75, 3.05) is 0 Å². The molecule has 0 saturated carbocycles. The van der Waals surface area contributed by atoms with Crippen molar-refractivity contribution in [2.45, 2.75) is 45.4 Å². The molecule has 192 valence electrons. The molecule has 6 nitrogen and oxygen atoms in total. The molecule has 4 aromatic rings. The predicted octanol–water partition coefficient (Wildman–Crippen LogP) is 5.52. The molecule has 8 heteroatoms. The Morgan fingerprint density at radius 1 is 0.973 bits per heavy atom. The van der Waals surface area contributed by atoms with Crippen LogP contribution in [0.4, 0.5) is 8.78 Å². The van der Waals surface area contributed by atoms with Gasteiger partial charge in [0.1, 0.15) is 35.4 Å². The van der Waals surface area contributed by atoms with Gasteiger partial charge >= 0.3 is 0 Å². The van der Waals surface area contributed by atoms with E-state index in [4.69, 9.17) is 9.26 Å². The van der Waals surface area contributed by atoms with Gasteiger partial charge in [0.15, 0.2) is 0 Å². The lowest BCUT2D eigenvalue weighted by Gasteiger charge is -2.28. The highest BCUT2D eigenvalue weighted by atomic mass is 19.1. The van der Waals surface area contributed by atoms with Gasteiger partial charge in [-0.3, -0.25) is 4.79 Å². The number of aromatic nitrogens is 1. The average molecular weight is 507 g/mol. The molecule has 0 saturated heterocycles. The maximum Gasteiger partial charge on any atom is 0.230 e. The van der Waals surface area contributed by atoms with E-state index in [0.29, 0.717) is 33.9 Å². The van der Waals surface area contributed by atoms with Crippen LogP contribution in [0.5, 0.6) is 5.75 Å². The minimum Gasteiger partial charge on any atom is -0.489 e. The van der Waals surface area contributed by atoms with Gasteiger partial charge in [-0.05, 0) is 73.9 Å². The Bertz CT molecular complexity index is 1300. The molecule has 2 N–H and O–H groups in total. The Kier molecular flexibility index (Phi) is 7.69. The molecule has 0 atom stereocenters. The molecule has 1 heterocycles. The van der Waals surface area contributed by atoms with E-state index in [1.807, 2.05) is 12.1 Å². The molecule has 0 bridgehead atoms. The number of halogens is 2. The van der Waals surface area contributed by atoms with Crippen molar-refractivity contribution in [3.8, 4) is 5.75 Å². The molecule has 0 aliphatic rings. The monoisotopic (exact) mass is 506 g/mol. The number of aliphatic hydroxyl groups excluding tert-OH is 1. The van der Waals surface area contributed by atoms with E-state index < -0.39 is 11.5 Å². The van der Waals surface area contributed by atoms with E-state index in [1.54, 1.807) is 57.2 Å². The fraction of sp³-hybridized carbons (Fsp3) is 0.241. The first-order valence-electron chi connectivity index (χ1n) is 11.8. The highest BCUT2D eigenvalue weighted by molar-refractivity contribution is 5.88. The lowest BCUT2D eigenvalue weighted by atomic mass is 9.83. The molecular weight excluding hydrogens is 478 g/mol. The molecular formula is C29H28F2N2O4. The van der Waals surface area contributed by atoms with E-state index in [0.717, 1.165) is 5.56 Å². The van der Waals surface area contributed by atoms with Crippen LogP contribution in [0.1, 0.15) is 53.6 Å². The van der Waals surface area contributed by atoms with Crippen molar-refractivity contribution in [3.05, 3.63) is 118 Å². The Labute approximate surface area is 213 Å². The van der Waals surface area contributed by atoms with Gasteiger partial charge in [0.05, 0.1) is 23.6 Å². The molecule has 3 aromatic carbocycles. The molecule has 0 fully saturated rings. The summed E-state index contributed by atoms with van der Waals surface area (Å²) < 4.78 is 38.0. The third-order valence-electron chi connectivity index (χ3n) is 6.42. The number of rotatable bonds is 9. The first-order valence-corrected chi connectivity index (χ1v) is 11.8. The summed E-state index contributed by atoms with van der Waals surface area (Å²) in [6.07, 6.45) is 0. The van der Waals surface area contributed by atoms with Crippen LogP contribution >= 0.6 is 0 Å². The first kappa shape index (κ1) is 26.0. The number of carbonyl (C=O) groups is 1. The number of hydrogen-bond donors (Lipinski definition) is 2. The van der Waals surface area contributed by atoms with Crippen molar-refractivity contribution in [2.24, 2.45) is 0 Å². The zero-order valence-electron chi connectivity index (χ0n) is 20.8. The molecule has 37 heavy (non-hydrogen) atoms. The minimum atomic E-state index is -0.925. The second-order valence-electron chi connectivity index (χ2n) is 9.27. The van der Waals surface area contributed by atoms with E-state index in [-0.39, 0.29) is 30.8 Å². The molecule has 4 rings (SSSR count). The molecule has 0 radical (unpaired) electrons. The largest absolute Gasteiger partial charge is 0.489 e. The van der Waals surface area contributed by atoms with Gasteiger partial charge in [-0.2, -0.15) is 0 Å². The minimum absolute atomic E-state index is 0.186. The van der Waals surface area contributed by atoms with Crippen molar-refractivity contribution < 1.29 is 27.9 Å². The average Bonchev–Trinajstić information content (AvgIpc) is 3.26. The zero-order valence-corrected chi connectivity index (χ0v) is 20.8. The van der Waals surface area contributed by atoms with Crippen molar-refractivity contribution in [1.82, 2.24) is 10.5 Å². The lowest BCUT2D eigenvalue weighted by Crippen LogP contribution is -2.42. The third kappa shape index (κ3) is 5.86. The quantitative estimate of drug-likeness (QED) is 0.313. The number of aliphatic hydroxyl groups is 1. The van der Waals surface area contributed by atoms with Crippen molar-refractivity contribution >= 4 is 5.91 Å². The van der Waals surface area contributed by atoms with Crippen LogP contribution in [-0.4, -0.2) is 16.2 Å². The summed E-state index contributed by atoms with van der Waals surface area (Å²) in [4.78, 5) is 13.5. The van der Waals surface area contributed by atoms with Crippen LogP contribution in [0.3, 0.4) is 0 Å². The lowest BCUT2D eigenvalue weighted by molar-refractivity contribution is -0.126. The number of hydrogen-bond acceptors (Lipinski definition) is 5. The van der Waals surface area contributed by atoms with Crippen LogP contribution in [0, 0.1) is 18.6 Å². The molecule has 0 aliphatic heterocycles. The smallest absolute Gasteiger partial charge is 0.230 e. The highest BCUT2D eigenvalue weighted by Crippen LogP contribution is 2.29. The Morgan fingerprint density at radius 3 is 2.03 bits per heavy atom. The first-order chi connectivity index (χ1) is 17.7. The van der Waals surface area contributed by atoms with Crippen molar-refractivity contribution in [3.63, 3.8) is 0 Å². The molecule has 0 spiro atoms. The Balaban J connectivity index is 1.51. The van der Waals surface area contributed by atoms with Gasteiger partial charge in [0.2, 0.25) is 5.91 Å². The summed E-state index contributed by atoms with van der Waals surface area (Å²) in [6, 6.07) is 18.3. The van der Waals surface area contributed by atoms with Gasteiger partial charge in [0.25, 0.3) is 0 Å². The SMILES string of the molecule is Cc1onc(CO)c1COc1ccc(C(C)(C)C(=O)NC(c2ccc(F)cc2)c2ccc(F)cc2)cc1. The molecule has 0 aliphatic carbocycles. The number of amides is 1. The maximum atomic E-state index is 13.5. The number of ether oxygens (including phenoxy) is 1. The summed E-state index contributed by atoms with van der Waals surface area (Å²) in [5.74, 6) is 0.132. The zero-order chi connectivity index (χ0) is 26.6. The Hall–Kier alpha value is -4.04. The third-order valence-corrected chi connectivity index (χ3v) is 6.42. The van der Waals surface area contributed by atoms with E-state index in [1.165, 1.54) is 24.3 Å². The van der Waals surface area contributed by atoms with Gasteiger partial charge < -0.3 is 19.7 Å². The fourth-order valence-corrected chi connectivity index (χ4v) is 3.98. The maximum absolute atomic E-state index is 13.5. The summed E-state index contributed by atoms with van der Waals surface area (Å²) in [7, 11) is 0. The summed E-state index contributed by atoms with van der Waals surface area (Å²) in [5.41, 5.74) is 2.31. The predicted molar refractivity (Wildman–Crippen MR) is 134 cm³/mol. The molecule has 1 aromatic heterocycles. The van der Waals surface area contributed by atoms with Crippen LogP contribution < -0.4 is 10.1 Å². The summed E-state index contributed by atoms with van der Waals surface area (Å²) in [5, 5.41) is 16.2. The number of benzene rings is 3. The van der Waals surface area contributed by atoms with Gasteiger partial charge in [-0.15, -0.1) is 0 Å². The van der Waals surface area contributed by atoms with Crippen LogP contribution in [0.2, 0.25) is 0 Å². The van der Waals surface area contributed by atoms with Gasteiger partial charge in [-0.25, -0.2) is 8.78 Å². The standard InChI is InChI=1S/C29H28F2N2O4/c1-18-25(26(16-34)33-37-18)17-36-24-14-8-21(9-15-24)29(2,3)28(35)32-27(19-4-10-22(30)11-5-19)20-6-12-23(31)13-7-20/h4-15,27,34H,16-17H2,1-3H3,(H,32,35). The topological polar surface area (TPSA) is 84.6 Å². The van der Waals surface area contributed by atoms with Crippen molar-refractivity contribution in [1.29, 1.82) is 0 Å². The molecule has 1 amide bonds. The van der Waals surface area contributed by atoms with E-state index >= 15 is 0 Å². The number of aryl methyl sites for hydroxylation is 1. The second-order valence-corrected chi connectivity index (χ2v) is 9.27. The normalized spacial score (nSPS) is 11.5. The number of carbonyl (C=O) groups excluding carboxylic acids is 1. The van der Waals surface area contributed by atoms with E-state index in [9.17, 15) is 18.7 Å². The van der Waals surface area contributed by atoms with Crippen LogP contribution in [0.15, 0.2) is 77.3 Å². The van der Waals surface area contributed by atoms with Crippen LogP contribution in [0.25, 0.3) is 0 Å². The van der Waals surface area contributed by atoms with Gasteiger partial charge in [-0.1, -0.05) is 41.6 Å². The number of nitrogens with zero attached hydrogens (tertiary/aromatic N) is 1. The molecule has 0 unspecified atom stereocenters.